The van der Waals surface area contributed by atoms with Gasteiger partial charge in [-0.15, -0.1) is 0 Å². The van der Waals surface area contributed by atoms with E-state index in [9.17, 15) is 41.1 Å². The monoisotopic (exact) mass is 971 g/mol. The molecule has 68 heavy (non-hydrogen) atoms. The summed E-state index contributed by atoms with van der Waals surface area (Å²) in [5, 5.41) is 14.2. The van der Waals surface area contributed by atoms with E-state index in [0.29, 0.717) is 71.9 Å². The summed E-state index contributed by atoms with van der Waals surface area (Å²) in [7, 11) is -1.18. The number of carbonyl (C=O) groups is 4. The van der Waals surface area contributed by atoms with E-state index in [1.807, 2.05) is 20.8 Å². The van der Waals surface area contributed by atoms with Crippen molar-refractivity contribution in [2.45, 2.75) is 133 Å². The van der Waals surface area contributed by atoms with Gasteiger partial charge in [0.05, 0.1) is 31.6 Å². The number of aromatic nitrogens is 1. The van der Waals surface area contributed by atoms with Crippen molar-refractivity contribution in [3.05, 3.63) is 54.6 Å². The molecule has 7 rings (SSSR count). The number of hydrogen-bond acceptors (Lipinski definition) is 11. The van der Waals surface area contributed by atoms with Gasteiger partial charge in [-0.1, -0.05) is 26.0 Å². The first-order valence-corrected chi connectivity index (χ1v) is 24.3. The average molecular weight is 972 g/mol. The number of amides is 4. The molecular formula is C48H60F3N5O11S. The number of carbonyl (C=O) groups excluding carboxylic acids is 3. The van der Waals surface area contributed by atoms with Gasteiger partial charge in [0.1, 0.15) is 47.0 Å². The lowest BCUT2D eigenvalue weighted by molar-refractivity contribution is -0.184. The number of rotatable bonds is 12. The molecule has 0 radical (unpaired) electrons. The maximum absolute atomic E-state index is 15.2. The van der Waals surface area contributed by atoms with Crippen LogP contribution in [0.5, 0.6) is 23.1 Å². The number of alkyl halides is 3. The smallest absolute Gasteiger partial charge is 0.408 e. The Kier molecular flexibility index (Phi) is 14.0. The predicted molar refractivity (Wildman–Crippen MR) is 245 cm³/mol. The van der Waals surface area contributed by atoms with Gasteiger partial charge in [0.2, 0.25) is 27.7 Å². The average Bonchev–Trinajstić information content (AvgIpc) is 4.15. The van der Waals surface area contributed by atoms with Crippen molar-refractivity contribution in [3.8, 4) is 34.4 Å². The second-order valence-corrected chi connectivity index (χ2v) is 21.4. The Morgan fingerprint density at radius 3 is 2.28 bits per heavy atom. The first kappa shape index (κ1) is 50.1. The Balaban J connectivity index is 1.33. The van der Waals surface area contributed by atoms with Crippen LogP contribution < -0.4 is 29.0 Å². The lowest BCUT2D eigenvalue weighted by Gasteiger charge is -2.40. The first-order chi connectivity index (χ1) is 31.9. The van der Waals surface area contributed by atoms with Crippen LogP contribution in [0.3, 0.4) is 0 Å². The number of nitrogens with zero attached hydrogens (tertiary/aromatic N) is 3. The SMILES string of the molecule is COc1ccc2c(O[C@@H]3C[C@H]4C(=O)N[C@]5(C(=O)NS(=O)(=O)C6(C)CC6)C[C@H]5C=CCC[C@H](C)C[C@@H](C)[C@H](N(C(=O)O)[C@H](C)C(F)(F)F)C(=O)N4C3)nc(-c3ccc(OC(C)C)cc3)c(OC)c2c1. The van der Waals surface area contributed by atoms with Crippen molar-refractivity contribution in [2.24, 2.45) is 17.8 Å². The van der Waals surface area contributed by atoms with E-state index < -0.39 is 92.9 Å². The standard InChI is InChI=1S/C48H60F3N5O11S/c1-26(2)66-32-15-13-30(14-16-32)38-40(65-8)36-22-33(64-7)17-18-35(36)42(52-38)67-34-23-37-41(57)53-47(44(59)54-68(62,63)46(6)19-20-46)24-31(47)12-10-9-11-27(3)21-28(4)39(43(58)55(37)25-34)56(45(60)61)29(5)48(49,50)51/h10,12-18,22,26-29,31,34,37,39H,9,11,19-21,23-25H2,1-8H3,(H,53,57)(H,54,59)(H,60,61)/t27-,28+,29+,31+,34+,37-,39-,47+/m0/s1. The summed E-state index contributed by atoms with van der Waals surface area (Å²) in [6.45, 7) is 8.92. The number of hydrogen-bond donors (Lipinski definition) is 3. The third-order valence-electron chi connectivity index (χ3n) is 13.7. The van der Waals surface area contributed by atoms with E-state index >= 15 is 4.79 Å². The molecule has 3 heterocycles. The molecule has 3 aromatic rings. The van der Waals surface area contributed by atoms with Gasteiger partial charge in [-0.25, -0.2) is 18.2 Å². The van der Waals surface area contributed by atoms with Gasteiger partial charge in [-0.3, -0.25) is 24.0 Å². The summed E-state index contributed by atoms with van der Waals surface area (Å²) in [6, 6.07) is 6.13. The number of fused-ring (bicyclic) bond motifs is 3. The molecule has 2 aromatic carbocycles. The number of carboxylic acid groups (broad SMARTS) is 1. The number of methoxy groups -OCH3 is 2. The van der Waals surface area contributed by atoms with Gasteiger partial charge in [0.25, 0.3) is 5.91 Å². The summed E-state index contributed by atoms with van der Waals surface area (Å²) in [4.78, 5) is 63.2. The minimum Gasteiger partial charge on any atom is -0.497 e. The van der Waals surface area contributed by atoms with Crippen molar-refractivity contribution in [1.29, 1.82) is 0 Å². The molecule has 8 atom stereocenters. The van der Waals surface area contributed by atoms with Crippen molar-refractivity contribution in [1.82, 2.24) is 24.8 Å². The van der Waals surface area contributed by atoms with Gasteiger partial charge < -0.3 is 34.3 Å². The highest BCUT2D eigenvalue weighted by Gasteiger charge is 2.63. The second kappa shape index (κ2) is 19.0. The Morgan fingerprint density at radius 2 is 1.68 bits per heavy atom. The van der Waals surface area contributed by atoms with Crippen LogP contribution in [-0.2, 0) is 24.4 Å². The minimum absolute atomic E-state index is 0.0254. The zero-order valence-corrected chi connectivity index (χ0v) is 40.2. The van der Waals surface area contributed by atoms with Crippen LogP contribution in [0.4, 0.5) is 18.0 Å². The molecule has 0 unspecified atom stereocenters. The molecular weight excluding hydrogens is 912 g/mol. The first-order valence-electron chi connectivity index (χ1n) is 22.9. The van der Waals surface area contributed by atoms with Gasteiger partial charge in [-0.05, 0) is 121 Å². The molecule has 16 nitrogen and oxygen atoms in total. The predicted octanol–water partition coefficient (Wildman–Crippen LogP) is 7.24. The van der Waals surface area contributed by atoms with Crippen LogP contribution in [0.2, 0.25) is 0 Å². The third kappa shape index (κ3) is 10.0. The fourth-order valence-electron chi connectivity index (χ4n) is 9.43. The lowest BCUT2D eigenvalue weighted by atomic mass is 9.86. The molecule has 370 valence electrons. The molecule has 3 fully saturated rings. The zero-order chi connectivity index (χ0) is 49.7. The zero-order valence-electron chi connectivity index (χ0n) is 39.4. The molecule has 1 saturated heterocycles. The van der Waals surface area contributed by atoms with E-state index in [2.05, 4.69) is 10.0 Å². The highest BCUT2D eigenvalue weighted by atomic mass is 32.2. The van der Waals surface area contributed by atoms with E-state index in [0.717, 1.165) is 4.90 Å². The van der Waals surface area contributed by atoms with Crippen LogP contribution in [0.1, 0.15) is 86.5 Å². The summed E-state index contributed by atoms with van der Waals surface area (Å²) in [6.07, 6.45) is -3.19. The summed E-state index contributed by atoms with van der Waals surface area (Å²) < 4.78 is 95.4. The highest BCUT2D eigenvalue weighted by Crippen LogP contribution is 2.48. The molecule has 2 saturated carbocycles. The van der Waals surface area contributed by atoms with Gasteiger partial charge in [0, 0.05) is 28.7 Å². The molecule has 0 bridgehead atoms. The largest absolute Gasteiger partial charge is 0.497 e. The van der Waals surface area contributed by atoms with Crippen molar-refractivity contribution >= 4 is 44.6 Å². The molecule has 3 N–H and O–H groups in total. The number of halogens is 3. The highest BCUT2D eigenvalue weighted by molar-refractivity contribution is 7.91. The van der Waals surface area contributed by atoms with Crippen molar-refractivity contribution in [3.63, 3.8) is 0 Å². The van der Waals surface area contributed by atoms with Crippen LogP contribution >= 0.6 is 0 Å². The molecule has 0 spiro atoms. The maximum atomic E-state index is 15.2. The third-order valence-corrected chi connectivity index (χ3v) is 15.9. The van der Waals surface area contributed by atoms with E-state index in [4.69, 9.17) is 23.9 Å². The molecule has 1 aromatic heterocycles. The van der Waals surface area contributed by atoms with E-state index in [1.54, 1.807) is 54.6 Å². The molecule has 2 aliphatic carbocycles. The number of ether oxygens (including phenoxy) is 4. The number of nitrogens with one attached hydrogen (secondary N) is 2. The summed E-state index contributed by atoms with van der Waals surface area (Å²) in [5.74, 6) is -3.27. The van der Waals surface area contributed by atoms with Crippen molar-refractivity contribution < 1.29 is 64.8 Å². The topological polar surface area (TPSA) is 203 Å². The van der Waals surface area contributed by atoms with E-state index in [1.165, 1.54) is 28.1 Å². The van der Waals surface area contributed by atoms with Crippen molar-refractivity contribution in [2.75, 3.05) is 20.8 Å². The summed E-state index contributed by atoms with van der Waals surface area (Å²) >= 11 is 0. The summed E-state index contributed by atoms with van der Waals surface area (Å²) in [5.41, 5.74) is -0.805. The van der Waals surface area contributed by atoms with Crippen LogP contribution in [-0.4, -0.2) is 120 Å². The van der Waals surface area contributed by atoms with Crippen LogP contribution in [0.15, 0.2) is 54.6 Å². The van der Waals surface area contributed by atoms with Gasteiger partial charge in [-0.2, -0.15) is 13.2 Å². The minimum atomic E-state index is -5.07. The fourth-order valence-corrected chi connectivity index (χ4v) is 10.7. The number of sulfonamides is 1. The Labute approximate surface area is 393 Å². The lowest BCUT2D eigenvalue weighted by Crippen LogP contribution is -2.62. The molecule has 4 amide bonds. The quantitative estimate of drug-likeness (QED) is 0.154. The van der Waals surface area contributed by atoms with Gasteiger partial charge in [0.15, 0.2) is 5.75 Å². The number of pyridine rings is 1. The van der Waals surface area contributed by atoms with Crippen LogP contribution in [0, 0.1) is 17.8 Å². The number of allylic oxidation sites excluding steroid dienone is 1. The van der Waals surface area contributed by atoms with Crippen LogP contribution in [0.25, 0.3) is 22.0 Å². The molecule has 4 aliphatic rings. The van der Waals surface area contributed by atoms with Gasteiger partial charge >= 0.3 is 12.3 Å². The van der Waals surface area contributed by atoms with E-state index in [-0.39, 0.29) is 42.1 Å². The normalized spacial score (nSPS) is 26.6. The molecule has 2 aliphatic heterocycles. The Bertz CT molecular complexity index is 2570. The number of benzene rings is 2. The second-order valence-electron chi connectivity index (χ2n) is 19.2. The Morgan fingerprint density at radius 1 is 1.00 bits per heavy atom. The molecule has 20 heteroatoms. The fraction of sp³-hybridized carbons (Fsp3) is 0.562. The maximum Gasteiger partial charge on any atom is 0.408 e. The Hall–Kier alpha value is -5.79.